The van der Waals surface area contributed by atoms with E-state index in [2.05, 4.69) is 10.2 Å². The average Bonchev–Trinajstić information content (AvgIpc) is 2.81. The lowest BCUT2D eigenvalue weighted by atomic mass is 10.1. The first kappa shape index (κ1) is 11.0. The fraction of sp³-hybridized carbons (Fsp3) is 0.0769. The van der Waals surface area contributed by atoms with Gasteiger partial charge in [0.2, 0.25) is 5.71 Å². The zero-order valence-electron chi connectivity index (χ0n) is 9.53. The van der Waals surface area contributed by atoms with E-state index < -0.39 is 5.63 Å². The molecule has 3 rings (SSSR count). The minimum atomic E-state index is -0.562. The lowest BCUT2D eigenvalue weighted by molar-refractivity contribution is 0.547. The van der Waals surface area contributed by atoms with Crippen LogP contribution in [0, 0.1) is 6.92 Å². The van der Waals surface area contributed by atoms with Crippen LogP contribution in [0.4, 0.5) is 0 Å². The summed E-state index contributed by atoms with van der Waals surface area (Å²) in [6.45, 7) is 1.78. The van der Waals surface area contributed by atoms with E-state index >= 15 is 0 Å². The van der Waals surface area contributed by atoms with Crippen molar-refractivity contribution in [3.63, 3.8) is 0 Å². The minimum absolute atomic E-state index is 0.0982. The Labute approximate surface area is 107 Å². The van der Waals surface area contributed by atoms with Gasteiger partial charge in [-0.1, -0.05) is 41.9 Å². The van der Waals surface area contributed by atoms with Crippen molar-refractivity contribution in [1.82, 2.24) is 10.2 Å². The Kier molecular flexibility index (Phi) is 2.45. The molecule has 5 heteroatoms. The van der Waals surface area contributed by atoms with Gasteiger partial charge < -0.3 is 4.42 Å². The zero-order chi connectivity index (χ0) is 12.7. The van der Waals surface area contributed by atoms with Crippen molar-refractivity contribution in [2.45, 2.75) is 6.92 Å². The van der Waals surface area contributed by atoms with E-state index in [0.29, 0.717) is 5.56 Å². The van der Waals surface area contributed by atoms with Gasteiger partial charge in [-0.05, 0) is 12.5 Å². The number of hydrogen-bond donors (Lipinski definition) is 1. The third kappa shape index (κ3) is 1.54. The number of halogens is 1. The molecule has 2 heterocycles. The SMILES string of the molecule is Cc1c(Cl)c(=O)oc2n[nH]c(-c3ccccc3)c12. The number of rotatable bonds is 1. The molecule has 90 valence electrons. The third-order valence-corrected chi connectivity index (χ3v) is 3.31. The molecule has 0 bridgehead atoms. The van der Waals surface area contributed by atoms with Crippen LogP contribution in [-0.4, -0.2) is 10.2 Å². The second-order valence-corrected chi connectivity index (χ2v) is 4.35. The molecule has 3 aromatic rings. The van der Waals surface area contributed by atoms with E-state index in [1.54, 1.807) is 6.92 Å². The molecule has 0 amide bonds. The predicted octanol–water partition coefficient (Wildman–Crippen LogP) is 3.14. The van der Waals surface area contributed by atoms with Crippen molar-refractivity contribution in [3.05, 3.63) is 51.3 Å². The summed E-state index contributed by atoms with van der Waals surface area (Å²) >= 11 is 5.93. The second kappa shape index (κ2) is 3.99. The molecule has 0 unspecified atom stereocenters. The van der Waals surface area contributed by atoms with Crippen molar-refractivity contribution in [3.8, 4) is 11.3 Å². The summed E-state index contributed by atoms with van der Waals surface area (Å²) < 4.78 is 5.05. The Hall–Kier alpha value is -2.07. The number of hydrogen-bond acceptors (Lipinski definition) is 3. The fourth-order valence-electron chi connectivity index (χ4n) is 1.96. The molecule has 18 heavy (non-hydrogen) atoms. The lowest BCUT2D eigenvalue weighted by Crippen LogP contribution is -2.01. The lowest BCUT2D eigenvalue weighted by Gasteiger charge is -2.01. The van der Waals surface area contributed by atoms with E-state index in [1.165, 1.54) is 0 Å². The van der Waals surface area contributed by atoms with Gasteiger partial charge in [-0.25, -0.2) is 4.79 Å². The normalized spacial score (nSPS) is 11.0. The van der Waals surface area contributed by atoms with Gasteiger partial charge in [0.05, 0.1) is 11.1 Å². The molecule has 0 atom stereocenters. The predicted molar refractivity (Wildman–Crippen MR) is 69.8 cm³/mol. The number of aromatic amines is 1. The Bertz CT molecular complexity index is 775. The summed E-state index contributed by atoms with van der Waals surface area (Å²) in [6, 6.07) is 9.69. The van der Waals surface area contributed by atoms with Crippen molar-refractivity contribution in [2.75, 3.05) is 0 Å². The molecule has 2 aromatic heterocycles. The first-order chi connectivity index (χ1) is 8.68. The van der Waals surface area contributed by atoms with E-state index in [1.807, 2.05) is 30.3 Å². The van der Waals surface area contributed by atoms with Crippen LogP contribution in [0.25, 0.3) is 22.4 Å². The molecule has 0 aliphatic heterocycles. The quantitative estimate of drug-likeness (QED) is 0.731. The van der Waals surface area contributed by atoms with Crippen molar-refractivity contribution >= 4 is 22.7 Å². The molecule has 4 nitrogen and oxygen atoms in total. The van der Waals surface area contributed by atoms with Crippen LogP contribution in [0.2, 0.25) is 5.02 Å². The number of nitrogens with one attached hydrogen (secondary N) is 1. The number of aryl methyl sites for hydroxylation is 1. The molecular weight excluding hydrogens is 252 g/mol. The summed E-state index contributed by atoms with van der Waals surface area (Å²) in [4.78, 5) is 11.4. The van der Waals surface area contributed by atoms with Crippen LogP contribution in [0.5, 0.6) is 0 Å². The molecule has 0 fully saturated rings. The monoisotopic (exact) mass is 260 g/mol. The van der Waals surface area contributed by atoms with E-state index in [-0.39, 0.29) is 10.7 Å². The molecule has 1 aromatic carbocycles. The number of nitrogens with zero attached hydrogens (tertiary/aromatic N) is 1. The number of fused-ring (bicyclic) bond motifs is 1. The molecular formula is C13H9ClN2O2. The molecule has 0 saturated carbocycles. The van der Waals surface area contributed by atoms with Crippen molar-refractivity contribution < 1.29 is 4.42 Å². The largest absolute Gasteiger partial charge is 0.401 e. The molecule has 1 N–H and O–H groups in total. The van der Waals surface area contributed by atoms with Gasteiger partial charge in [0.1, 0.15) is 5.02 Å². The van der Waals surface area contributed by atoms with Crippen LogP contribution in [-0.2, 0) is 0 Å². The Balaban J connectivity index is 2.40. The maximum atomic E-state index is 11.4. The van der Waals surface area contributed by atoms with Gasteiger partial charge in [-0.15, -0.1) is 5.10 Å². The highest BCUT2D eigenvalue weighted by atomic mass is 35.5. The molecule has 0 spiro atoms. The fourth-order valence-corrected chi connectivity index (χ4v) is 2.09. The maximum absolute atomic E-state index is 11.4. The van der Waals surface area contributed by atoms with Crippen molar-refractivity contribution in [2.24, 2.45) is 0 Å². The van der Waals surface area contributed by atoms with Crippen LogP contribution in [0.1, 0.15) is 5.56 Å². The molecule has 0 radical (unpaired) electrons. The van der Waals surface area contributed by atoms with Gasteiger partial charge in [-0.2, -0.15) is 0 Å². The van der Waals surface area contributed by atoms with Crippen molar-refractivity contribution in [1.29, 1.82) is 0 Å². The smallest absolute Gasteiger partial charge is 0.356 e. The second-order valence-electron chi connectivity index (χ2n) is 3.97. The topological polar surface area (TPSA) is 58.9 Å². The highest BCUT2D eigenvalue weighted by Crippen LogP contribution is 2.30. The Morgan fingerprint density at radius 2 is 2.00 bits per heavy atom. The number of benzene rings is 1. The summed E-state index contributed by atoms with van der Waals surface area (Å²) in [5.41, 5.74) is 2.16. The average molecular weight is 261 g/mol. The van der Waals surface area contributed by atoms with E-state index in [4.69, 9.17) is 16.0 Å². The molecule has 0 saturated heterocycles. The Morgan fingerprint density at radius 3 is 2.72 bits per heavy atom. The molecule has 0 aliphatic carbocycles. The van der Waals surface area contributed by atoms with Gasteiger partial charge in [0, 0.05) is 5.56 Å². The van der Waals surface area contributed by atoms with Crippen LogP contribution >= 0.6 is 11.6 Å². The number of H-pyrrole nitrogens is 1. The van der Waals surface area contributed by atoms with Crippen LogP contribution < -0.4 is 5.63 Å². The van der Waals surface area contributed by atoms with Crippen LogP contribution in [0.15, 0.2) is 39.5 Å². The Morgan fingerprint density at radius 1 is 1.28 bits per heavy atom. The summed E-state index contributed by atoms with van der Waals surface area (Å²) in [5.74, 6) is 0. The zero-order valence-corrected chi connectivity index (χ0v) is 10.3. The van der Waals surface area contributed by atoms with Gasteiger partial charge in [0.25, 0.3) is 0 Å². The third-order valence-electron chi connectivity index (χ3n) is 2.87. The van der Waals surface area contributed by atoms with Gasteiger partial charge in [0.15, 0.2) is 0 Å². The van der Waals surface area contributed by atoms with Crippen LogP contribution in [0.3, 0.4) is 0 Å². The summed E-state index contributed by atoms with van der Waals surface area (Å²) in [7, 11) is 0. The van der Waals surface area contributed by atoms with E-state index in [9.17, 15) is 4.79 Å². The minimum Gasteiger partial charge on any atom is -0.401 e. The van der Waals surface area contributed by atoms with Gasteiger partial charge >= 0.3 is 5.63 Å². The maximum Gasteiger partial charge on any atom is 0.356 e. The highest BCUT2D eigenvalue weighted by Gasteiger charge is 2.16. The molecule has 0 aliphatic rings. The first-order valence-corrected chi connectivity index (χ1v) is 5.79. The summed E-state index contributed by atoms with van der Waals surface area (Å²) in [5, 5.41) is 7.73. The summed E-state index contributed by atoms with van der Waals surface area (Å²) in [6.07, 6.45) is 0. The van der Waals surface area contributed by atoms with E-state index in [0.717, 1.165) is 16.6 Å². The number of aromatic nitrogens is 2. The standard InChI is InChI=1S/C13H9ClN2O2/c1-7-9-11(8-5-3-2-4-6-8)15-16-12(9)18-13(17)10(7)14/h2-6H,1H3,(H,15,16). The van der Waals surface area contributed by atoms with Gasteiger partial charge in [-0.3, -0.25) is 5.10 Å². The highest BCUT2D eigenvalue weighted by molar-refractivity contribution is 6.32. The first-order valence-electron chi connectivity index (χ1n) is 5.41.